The first-order chi connectivity index (χ1) is 10.7. The van der Waals surface area contributed by atoms with Crippen molar-refractivity contribution in [3.8, 4) is 0 Å². The first-order valence-corrected chi connectivity index (χ1v) is 7.56. The number of hydrogen-bond donors (Lipinski definition) is 1. The number of ketones is 1. The van der Waals surface area contributed by atoms with Gasteiger partial charge in [-0.1, -0.05) is 12.1 Å². The number of carbonyl (C=O) groups is 3. The number of benzene rings is 1. The number of ether oxygens (including phenoxy) is 2. The summed E-state index contributed by atoms with van der Waals surface area (Å²) in [5, 5.41) is 2.68. The number of anilines is 1. The fourth-order valence-corrected chi connectivity index (χ4v) is 2.26. The van der Waals surface area contributed by atoms with Gasteiger partial charge in [-0.15, -0.1) is 0 Å². The molecule has 1 aliphatic rings. The lowest BCUT2D eigenvalue weighted by molar-refractivity contribution is -0.149. The van der Waals surface area contributed by atoms with Crippen LogP contribution in [0.1, 0.15) is 39.2 Å². The zero-order valence-electron chi connectivity index (χ0n) is 13.5. The zero-order valence-corrected chi connectivity index (χ0v) is 13.5. The van der Waals surface area contributed by atoms with Crippen molar-refractivity contribution < 1.29 is 23.9 Å². The predicted molar refractivity (Wildman–Crippen MR) is 84.1 cm³/mol. The molecule has 124 valence electrons. The summed E-state index contributed by atoms with van der Waals surface area (Å²) >= 11 is 0. The highest BCUT2D eigenvalue weighted by Crippen LogP contribution is 2.19. The molecule has 1 aromatic rings. The molecule has 1 aliphatic heterocycles. The van der Waals surface area contributed by atoms with Gasteiger partial charge in [0.1, 0.15) is 11.7 Å². The average molecular weight is 319 g/mol. The Bertz CT molecular complexity index is 602. The van der Waals surface area contributed by atoms with Gasteiger partial charge in [-0.3, -0.25) is 10.1 Å². The summed E-state index contributed by atoms with van der Waals surface area (Å²) in [7, 11) is 0. The summed E-state index contributed by atoms with van der Waals surface area (Å²) in [4.78, 5) is 34.0. The number of cyclic esters (lactones) is 1. The van der Waals surface area contributed by atoms with E-state index in [0.717, 1.165) is 5.56 Å². The van der Waals surface area contributed by atoms with E-state index in [0.29, 0.717) is 18.5 Å². The highest BCUT2D eigenvalue weighted by molar-refractivity contribution is 6.35. The van der Waals surface area contributed by atoms with Crippen LogP contribution in [0.3, 0.4) is 0 Å². The van der Waals surface area contributed by atoms with E-state index >= 15 is 0 Å². The molecule has 0 unspecified atom stereocenters. The fourth-order valence-electron chi connectivity index (χ4n) is 2.26. The third kappa shape index (κ3) is 5.39. The van der Waals surface area contributed by atoms with Crippen LogP contribution in [0.5, 0.6) is 0 Å². The molecule has 1 N–H and O–H groups in total. The van der Waals surface area contributed by atoms with Crippen LogP contribution in [0.25, 0.3) is 0 Å². The van der Waals surface area contributed by atoms with Gasteiger partial charge in [0.15, 0.2) is 0 Å². The van der Waals surface area contributed by atoms with Gasteiger partial charge in [0.05, 0.1) is 6.42 Å². The van der Waals surface area contributed by atoms with Gasteiger partial charge in [-0.2, -0.15) is 0 Å². The number of aryl methyl sites for hydroxylation is 1. The number of nitrogens with one attached hydrogen (secondary N) is 1. The van der Waals surface area contributed by atoms with Crippen molar-refractivity contribution in [3.05, 3.63) is 29.8 Å². The highest BCUT2D eigenvalue weighted by atomic mass is 16.6. The van der Waals surface area contributed by atoms with Crippen molar-refractivity contribution in [2.24, 2.45) is 0 Å². The zero-order chi connectivity index (χ0) is 17.0. The molecule has 0 saturated carbocycles. The Morgan fingerprint density at radius 1 is 1.35 bits per heavy atom. The third-order valence-corrected chi connectivity index (χ3v) is 3.24. The average Bonchev–Trinajstić information content (AvgIpc) is 2.74. The molecule has 0 bridgehead atoms. The predicted octanol–water partition coefficient (Wildman–Crippen LogP) is 2.85. The maximum absolute atomic E-state index is 11.8. The van der Waals surface area contributed by atoms with Crippen molar-refractivity contribution in [2.75, 3.05) is 5.32 Å². The molecule has 1 aromatic carbocycles. The summed E-state index contributed by atoms with van der Waals surface area (Å²) in [5.74, 6) is -1.20. The second-order valence-corrected chi connectivity index (χ2v) is 6.52. The molecule has 2 rings (SSSR count). The molecule has 6 nitrogen and oxygen atoms in total. The lowest BCUT2D eigenvalue weighted by Gasteiger charge is -2.19. The van der Waals surface area contributed by atoms with Gasteiger partial charge < -0.3 is 9.47 Å². The van der Waals surface area contributed by atoms with E-state index in [1.54, 1.807) is 26.8 Å². The molecule has 6 heteroatoms. The van der Waals surface area contributed by atoms with Gasteiger partial charge in [0, 0.05) is 5.69 Å². The minimum atomic E-state index is -0.740. The van der Waals surface area contributed by atoms with E-state index in [4.69, 9.17) is 9.47 Å². The van der Waals surface area contributed by atoms with Crippen molar-refractivity contribution in [2.45, 2.75) is 51.7 Å². The Morgan fingerprint density at radius 3 is 2.70 bits per heavy atom. The largest absolute Gasteiger partial charge is 0.456 e. The summed E-state index contributed by atoms with van der Waals surface area (Å²) < 4.78 is 10.2. The van der Waals surface area contributed by atoms with Crippen LogP contribution < -0.4 is 5.32 Å². The normalized spacial score (nSPS) is 17.8. The minimum Gasteiger partial charge on any atom is -0.456 e. The number of hydrogen-bond acceptors (Lipinski definition) is 5. The van der Waals surface area contributed by atoms with Crippen molar-refractivity contribution in [1.82, 2.24) is 0 Å². The maximum atomic E-state index is 11.8. The third-order valence-electron chi connectivity index (χ3n) is 3.24. The first kappa shape index (κ1) is 17.0. The second-order valence-electron chi connectivity index (χ2n) is 6.52. The van der Waals surface area contributed by atoms with Gasteiger partial charge in [-0.05, 0) is 51.3 Å². The van der Waals surface area contributed by atoms with E-state index in [2.05, 4.69) is 5.32 Å². The quantitative estimate of drug-likeness (QED) is 0.681. The Morgan fingerprint density at radius 2 is 2.09 bits per heavy atom. The summed E-state index contributed by atoms with van der Waals surface area (Å²) in [6.45, 7) is 5.40. The van der Waals surface area contributed by atoms with Crippen LogP contribution >= 0.6 is 0 Å². The number of amides is 1. The Balaban J connectivity index is 1.88. The molecule has 23 heavy (non-hydrogen) atoms. The van der Waals surface area contributed by atoms with Crippen LogP contribution in [-0.4, -0.2) is 29.6 Å². The lowest BCUT2D eigenvalue weighted by Crippen LogP contribution is -2.27. The van der Waals surface area contributed by atoms with Gasteiger partial charge >= 0.3 is 12.1 Å². The SMILES string of the molecule is CC(C)(C)OC(=O)Nc1cccc(CC[C@H]2CC(=O)C(=O)O2)c1. The van der Waals surface area contributed by atoms with Crippen LogP contribution in [0.15, 0.2) is 24.3 Å². The Kier molecular flexibility index (Phi) is 5.03. The maximum Gasteiger partial charge on any atom is 0.412 e. The molecule has 1 saturated heterocycles. The monoisotopic (exact) mass is 319 g/mol. The molecule has 1 fully saturated rings. The number of esters is 1. The summed E-state index contributed by atoms with van der Waals surface area (Å²) in [6.07, 6.45) is 0.513. The van der Waals surface area contributed by atoms with E-state index in [1.807, 2.05) is 18.2 Å². The van der Waals surface area contributed by atoms with Gasteiger partial charge in [-0.25, -0.2) is 9.59 Å². The molecule has 1 heterocycles. The molecule has 0 radical (unpaired) electrons. The van der Waals surface area contributed by atoms with E-state index in [1.165, 1.54) is 0 Å². The molecule has 1 amide bonds. The molecule has 0 spiro atoms. The molecule has 0 aliphatic carbocycles. The lowest BCUT2D eigenvalue weighted by atomic mass is 10.0. The van der Waals surface area contributed by atoms with Crippen molar-refractivity contribution in [3.63, 3.8) is 0 Å². The van der Waals surface area contributed by atoms with Crippen LogP contribution in [0.2, 0.25) is 0 Å². The van der Waals surface area contributed by atoms with Crippen LogP contribution in [-0.2, 0) is 25.5 Å². The number of carbonyl (C=O) groups excluding carboxylic acids is 3. The van der Waals surface area contributed by atoms with Crippen LogP contribution in [0, 0.1) is 0 Å². The van der Waals surface area contributed by atoms with Gasteiger partial charge in [0.2, 0.25) is 5.78 Å². The summed E-state index contributed by atoms with van der Waals surface area (Å²) in [5.41, 5.74) is 1.06. The Labute approximate surface area is 135 Å². The number of Topliss-reactive ketones (excluding diaryl/α,β-unsaturated/α-hetero) is 1. The topological polar surface area (TPSA) is 81.7 Å². The molecular weight excluding hydrogens is 298 g/mol. The minimum absolute atomic E-state index is 0.148. The van der Waals surface area contributed by atoms with E-state index in [-0.39, 0.29) is 12.5 Å². The molecule has 1 atom stereocenters. The smallest absolute Gasteiger partial charge is 0.412 e. The van der Waals surface area contributed by atoms with Crippen molar-refractivity contribution >= 4 is 23.5 Å². The standard InChI is InChI=1S/C17H21NO5/c1-17(2,3)23-16(21)18-12-6-4-5-11(9-12)7-8-13-10-14(19)15(20)22-13/h4-6,9,13H,7-8,10H2,1-3H3,(H,18,21)/t13-/m0/s1. The fraction of sp³-hybridized carbons (Fsp3) is 0.471. The van der Waals surface area contributed by atoms with Gasteiger partial charge in [0.25, 0.3) is 0 Å². The second kappa shape index (κ2) is 6.81. The molecular formula is C17H21NO5. The van der Waals surface area contributed by atoms with Crippen molar-refractivity contribution in [1.29, 1.82) is 0 Å². The first-order valence-electron chi connectivity index (χ1n) is 7.56. The summed E-state index contributed by atoms with van der Waals surface area (Å²) in [6, 6.07) is 7.35. The van der Waals surface area contributed by atoms with E-state index in [9.17, 15) is 14.4 Å². The molecule has 0 aromatic heterocycles. The highest BCUT2D eigenvalue weighted by Gasteiger charge is 2.31. The van der Waals surface area contributed by atoms with Crippen LogP contribution in [0.4, 0.5) is 10.5 Å². The Hall–Kier alpha value is -2.37. The number of rotatable bonds is 4. The van der Waals surface area contributed by atoms with E-state index < -0.39 is 23.4 Å².